The van der Waals surface area contributed by atoms with Crippen molar-refractivity contribution in [2.45, 2.75) is 31.6 Å². The average Bonchev–Trinajstić information content (AvgIpc) is 2.40. The van der Waals surface area contributed by atoms with Gasteiger partial charge in [0.05, 0.1) is 11.8 Å². The van der Waals surface area contributed by atoms with Gasteiger partial charge in [0.15, 0.2) is 0 Å². The zero-order chi connectivity index (χ0) is 13.4. The molecule has 1 atom stereocenters. The predicted octanol–water partition coefficient (Wildman–Crippen LogP) is 3.68. The molecule has 0 saturated carbocycles. The molecule has 96 valence electrons. The number of hydrogen-bond donors (Lipinski definition) is 1. The lowest BCUT2D eigenvalue weighted by Crippen LogP contribution is -2.19. The van der Waals surface area contributed by atoms with E-state index in [1.807, 2.05) is 38.1 Å². The molecule has 18 heavy (non-hydrogen) atoms. The lowest BCUT2D eigenvalue weighted by molar-refractivity contribution is -0.119. The highest BCUT2D eigenvalue weighted by atomic mass is 32.2. The molecule has 0 radical (unpaired) electrons. The summed E-state index contributed by atoms with van der Waals surface area (Å²) < 4.78 is 0. The number of benzene rings is 1. The van der Waals surface area contributed by atoms with E-state index >= 15 is 0 Å². The molecule has 0 heterocycles. The molecule has 0 aliphatic rings. The molecule has 0 aliphatic heterocycles. The first-order valence-corrected chi connectivity index (χ1v) is 7.07. The zero-order valence-corrected chi connectivity index (χ0v) is 11.6. The SMILES string of the molecule is CCC(C)C(=O)Nc1ccccc1SCCC#N. The summed E-state index contributed by atoms with van der Waals surface area (Å²) in [7, 11) is 0. The summed E-state index contributed by atoms with van der Waals surface area (Å²) in [5.41, 5.74) is 0.839. The monoisotopic (exact) mass is 262 g/mol. The van der Waals surface area contributed by atoms with Crippen molar-refractivity contribution in [1.82, 2.24) is 0 Å². The van der Waals surface area contributed by atoms with Crippen molar-refractivity contribution in [3.8, 4) is 6.07 Å². The standard InChI is InChI=1S/C14H18N2OS/c1-3-11(2)14(17)16-12-7-4-5-8-13(12)18-10-6-9-15/h4-5,7-8,11H,3,6,10H2,1-2H3,(H,16,17). The molecular weight excluding hydrogens is 244 g/mol. The van der Waals surface area contributed by atoms with Gasteiger partial charge < -0.3 is 5.32 Å². The Morgan fingerprint density at radius 3 is 2.89 bits per heavy atom. The number of amides is 1. The molecule has 0 saturated heterocycles. The van der Waals surface area contributed by atoms with E-state index in [9.17, 15) is 4.79 Å². The molecule has 0 fully saturated rings. The minimum Gasteiger partial charge on any atom is -0.325 e. The second-order valence-electron chi connectivity index (χ2n) is 4.05. The van der Waals surface area contributed by atoms with Crippen LogP contribution < -0.4 is 5.32 Å². The molecule has 1 unspecified atom stereocenters. The summed E-state index contributed by atoms with van der Waals surface area (Å²) >= 11 is 1.60. The average molecular weight is 262 g/mol. The fourth-order valence-corrected chi connectivity index (χ4v) is 2.21. The molecule has 0 aromatic heterocycles. The van der Waals surface area contributed by atoms with Crippen LogP contribution in [0, 0.1) is 17.2 Å². The van der Waals surface area contributed by atoms with E-state index in [2.05, 4.69) is 11.4 Å². The van der Waals surface area contributed by atoms with Gasteiger partial charge in [-0.2, -0.15) is 5.26 Å². The molecule has 4 heteroatoms. The lowest BCUT2D eigenvalue weighted by Gasteiger charge is -2.13. The van der Waals surface area contributed by atoms with E-state index in [4.69, 9.17) is 5.26 Å². The van der Waals surface area contributed by atoms with E-state index < -0.39 is 0 Å². The van der Waals surface area contributed by atoms with Crippen LogP contribution in [0.5, 0.6) is 0 Å². The van der Waals surface area contributed by atoms with Crippen LogP contribution in [0.1, 0.15) is 26.7 Å². The summed E-state index contributed by atoms with van der Waals surface area (Å²) in [6.07, 6.45) is 1.34. The Kier molecular flexibility index (Phi) is 6.31. The Morgan fingerprint density at radius 2 is 2.22 bits per heavy atom. The number of nitriles is 1. The molecule has 3 nitrogen and oxygen atoms in total. The van der Waals surface area contributed by atoms with Gasteiger partial charge in [0.2, 0.25) is 5.91 Å². The van der Waals surface area contributed by atoms with E-state index in [0.29, 0.717) is 6.42 Å². The highest BCUT2D eigenvalue weighted by Crippen LogP contribution is 2.27. The molecular formula is C14H18N2OS. The Hall–Kier alpha value is -1.47. The third-order valence-electron chi connectivity index (χ3n) is 2.68. The fraction of sp³-hybridized carbons (Fsp3) is 0.429. The molecule has 1 amide bonds. The first kappa shape index (κ1) is 14.6. The van der Waals surface area contributed by atoms with Gasteiger partial charge in [0.25, 0.3) is 0 Å². The molecule has 1 rings (SSSR count). The Balaban J connectivity index is 2.70. The molecule has 1 N–H and O–H groups in total. The van der Waals surface area contributed by atoms with Gasteiger partial charge in [0.1, 0.15) is 0 Å². The highest BCUT2D eigenvalue weighted by Gasteiger charge is 2.12. The summed E-state index contributed by atoms with van der Waals surface area (Å²) in [5, 5.41) is 11.5. The van der Waals surface area contributed by atoms with E-state index in [-0.39, 0.29) is 11.8 Å². The van der Waals surface area contributed by atoms with Gasteiger partial charge >= 0.3 is 0 Å². The maximum atomic E-state index is 11.9. The molecule has 1 aromatic rings. The predicted molar refractivity (Wildman–Crippen MR) is 75.5 cm³/mol. The zero-order valence-electron chi connectivity index (χ0n) is 10.8. The van der Waals surface area contributed by atoms with Gasteiger partial charge in [-0.25, -0.2) is 0 Å². The minimum absolute atomic E-state index is 0.0159. The van der Waals surface area contributed by atoms with Crippen LogP contribution in [0.15, 0.2) is 29.2 Å². The van der Waals surface area contributed by atoms with Gasteiger partial charge in [-0.1, -0.05) is 26.0 Å². The number of rotatable bonds is 6. The second kappa shape index (κ2) is 7.78. The van der Waals surface area contributed by atoms with Crippen LogP contribution in [0.3, 0.4) is 0 Å². The van der Waals surface area contributed by atoms with Crippen molar-refractivity contribution >= 4 is 23.4 Å². The molecule has 0 spiro atoms. The Morgan fingerprint density at radius 1 is 1.50 bits per heavy atom. The second-order valence-corrected chi connectivity index (χ2v) is 5.19. The highest BCUT2D eigenvalue weighted by molar-refractivity contribution is 7.99. The van der Waals surface area contributed by atoms with Gasteiger partial charge in [0, 0.05) is 23.0 Å². The number of nitrogens with zero attached hydrogens (tertiary/aromatic N) is 1. The first-order valence-electron chi connectivity index (χ1n) is 6.08. The van der Waals surface area contributed by atoms with Crippen molar-refractivity contribution < 1.29 is 4.79 Å². The van der Waals surface area contributed by atoms with Crippen LogP contribution in [-0.2, 0) is 4.79 Å². The van der Waals surface area contributed by atoms with Crippen LogP contribution in [0.25, 0.3) is 0 Å². The maximum absolute atomic E-state index is 11.9. The van der Waals surface area contributed by atoms with Crippen LogP contribution in [0.2, 0.25) is 0 Å². The van der Waals surface area contributed by atoms with Crippen LogP contribution in [0.4, 0.5) is 5.69 Å². The van der Waals surface area contributed by atoms with Gasteiger partial charge in [-0.3, -0.25) is 4.79 Å². The minimum atomic E-state index is 0.0159. The van der Waals surface area contributed by atoms with Crippen LogP contribution >= 0.6 is 11.8 Å². The van der Waals surface area contributed by atoms with E-state index in [1.165, 1.54) is 0 Å². The largest absolute Gasteiger partial charge is 0.325 e. The van der Waals surface area contributed by atoms with E-state index in [1.54, 1.807) is 11.8 Å². The summed E-state index contributed by atoms with van der Waals surface area (Å²) in [5.74, 6) is 0.806. The molecule has 0 bridgehead atoms. The summed E-state index contributed by atoms with van der Waals surface area (Å²) in [4.78, 5) is 12.9. The number of thioether (sulfide) groups is 1. The van der Waals surface area contributed by atoms with Crippen molar-refractivity contribution in [2.24, 2.45) is 5.92 Å². The number of nitrogens with one attached hydrogen (secondary N) is 1. The van der Waals surface area contributed by atoms with Gasteiger partial charge in [-0.05, 0) is 18.6 Å². The third-order valence-corrected chi connectivity index (χ3v) is 3.75. The number of anilines is 1. The maximum Gasteiger partial charge on any atom is 0.227 e. The topological polar surface area (TPSA) is 52.9 Å². The summed E-state index contributed by atoms with van der Waals surface area (Å²) in [6, 6.07) is 9.82. The normalized spacial score (nSPS) is 11.6. The molecule has 0 aliphatic carbocycles. The van der Waals surface area contributed by atoms with Crippen LogP contribution in [-0.4, -0.2) is 11.7 Å². The lowest BCUT2D eigenvalue weighted by atomic mass is 10.1. The third kappa shape index (κ3) is 4.42. The first-order chi connectivity index (χ1) is 8.69. The Bertz CT molecular complexity index is 440. The number of carbonyl (C=O) groups excluding carboxylic acids is 1. The molecule has 1 aromatic carbocycles. The van der Waals surface area contributed by atoms with Gasteiger partial charge in [-0.15, -0.1) is 11.8 Å². The van der Waals surface area contributed by atoms with Crippen molar-refractivity contribution in [3.05, 3.63) is 24.3 Å². The number of carbonyl (C=O) groups is 1. The number of para-hydroxylation sites is 1. The van der Waals surface area contributed by atoms with Crippen molar-refractivity contribution in [3.63, 3.8) is 0 Å². The number of hydrogen-bond acceptors (Lipinski definition) is 3. The van der Waals surface area contributed by atoms with Crippen molar-refractivity contribution in [2.75, 3.05) is 11.1 Å². The van der Waals surface area contributed by atoms with E-state index in [0.717, 1.165) is 22.8 Å². The fourth-order valence-electron chi connectivity index (χ4n) is 1.34. The van der Waals surface area contributed by atoms with Crippen molar-refractivity contribution in [1.29, 1.82) is 5.26 Å². The summed E-state index contributed by atoms with van der Waals surface area (Å²) in [6.45, 7) is 3.92. The Labute approximate surface area is 113 Å². The smallest absolute Gasteiger partial charge is 0.227 e. The quantitative estimate of drug-likeness (QED) is 0.628.